The Morgan fingerprint density at radius 1 is 1.42 bits per heavy atom. The molecule has 1 N–H and O–H groups in total. The maximum absolute atomic E-state index is 12.0. The fourth-order valence-electron chi connectivity index (χ4n) is 1.79. The summed E-state index contributed by atoms with van der Waals surface area (Å²) in [5.74, 6) is -0.0529. The van der Waals surface area contributed by atoms with Crippen molar-refractivity contribution in [2.45, 2.75) is 13.3 Å². The van der Waals surface area contributed by atoms with Gasteiger partial charge in [0.05, 0.1) is 0 Å². The van der Waals surface area contributed by atoms with Crippen molar-refractivity contribution in [1.29, 1.82) is 0 Å². The predicted octanol–water partition coefficient (Wildman–Crippen LogP) is 2.46. The number of aryl methyl sites for hydroxylation is 2. The van der Waals surface area contributed by atoms with Gasteiger partial charge in [-0.05, 0) is 30.7 Å². The van der Waals surface area contributed by atoms with Crippen molar-refractivity contribution in [1.82, 2.24) is 15.1 Å². The number of rotatable bonds is 4. The highest BCUT2D eigenvalue weighted by Gasteiger charge is 2.07. The molecule has 0 spiro atoms. The van der Waals surface area contributed by atoms with E-state index in [4.69, 9.17) is 0 Å². The Bertz CT molecular complexity index is 592. The second kappa shape index (κ2) is 6.02. The van der Waals surface area contributed by atoms with Crippen LogP contribution in [0.4, 0.5) is 0 Å². The Labute approximate surface area is 120 Å². The van der Waals surface area contributed by atoms with E-state index >= 15 is 0 Å². The molecule has 2 rings (SSSR count). The number of hydrogen-bond acceptors (Lipinski definition) is 2. The van der Waals surface area contributed by atoms with Gasteiger partial charge < -0.3 is 5.32 Å². The van der Waals surface area contributed by atoms with E-state index in [9.17, 15) is 4.79 Å². The summed E-state index contributed by atoms with van der Waals surface area (Å²) in [6, 6.07) is 7.56. The van der Waals surface area contributed by atoms with Crippen LogP contribution in [0.15, 0.2) is 34.9 Å². The van der Waals surface area contributed by atoms with E-state index in [0.29, 0.717) is 12.1 Å². The first-order chi connectivity index (χ1) is 9.08. The number of aromatic nitrogens is 2. The van der Waals surface area contributed by atoms with E-state index in [1.165, 1.54) is 0 Å². The van der Waals surface area contributed by atoms with Crippen LogP contribution in [-0.4, -0.2) is 22.2 Å². The molecule has 1 heterocycles. The van der Waals surface area contributed by atoms with Crippen LogP contribution in [-0.2, 0) is 13.5 Å². The average Bonchev–Trinajstić information content (AvgIpc) is 2.78. The third kappa shape index (κ3) is 3.44. The molecule has 1 aromatic heterocycles. The minimum absolute atomic E-state index is 0.0529. The molecule has 0 unspecified atom stereocenters. The third-order valence-electron chi connectivity index (χ3n) is 3.02. The molecule has 0 radical (unpaired) electrons. The van der Waals surface area contributed by atoms with Gasteiger partial charge in [-0.25, -0.2) is 0 Å². The standard InChI is InChI=1S/C14H16BrN3O/c1-10-3-4-11(9-13(10)15)14(19)16-7-5-12-6-8-17-18(12)2/h3-4,6,8-9H,5,7H2,1-2H3,(H,16,19). The summed E-state index contributed by atoms with van der Waals surface area (Å²) in [5, 5.41) is 7.00. The molecule has 1 amide bonds. The Balaban J connectivity index is 1.91. The molecule has 2 aromatic rings. The van der Waals surface area contributed by atoms with Gasteiger partial charge in [0.15, 0.2) is 0 Å². The van der Waals surface area contributed by atoms with Gasteiger partial charge in [-0.1, -0.05) is 22.0 Å². The highest BCUT2D eigenvalue weighted by atomic mass is 79.9. The molecule has 0 saturated carbocycles. The number of hydrogen-bond donors (Lipinski definition) is 1. The highest BCUT2D eigenvalue weighted by Crippen LogP contribution is 2.17. The maximum Gasteiger partial charge on any atom is 0.251 e. The molecule has 0 aliphatic heterocycles. The monoisotopic (exact) mass is 321 g/mol. The summed E-state index contributed by atoms with van der Waals surface area (Å²) in [4.78, 5) is 12.0. The molecule has 1 aromatic carbocycles. The van der Waals surface area contributed by atoms with E-state index in [1.807, 2.05) is 42.9 Å². The van der Waals surface area contributed by atoms with Gasteiger partial charge in [-0.2, -0.15) is 5.10 Å². The maximum atomic E-state index is 12.0. The normalized spacial score (nSPS) is 10.5. The van der Waals surface area contributed by atoms with Crippen LogP contribution in [0.2, 0.25) is 0 Å². The zero-order valence-electron chi connectivity index (χ0n) is 11.0. The zero-order valence-corrected chi connectivity index (χ0v) is 12.6. The fourth-order valence-corrected chi connectivity index (χ4v) is 2.17. The lowest BCUT2D eigenvalue weighted by Crippen LogP contribution is -2.26. The second-order valence-corrected chi connectivity index (χ2v) is 5.27. The molecule has 0 atom stereocenters. The van der Waals surface area contributed by atoms with Gasteiger partial charge in [0.2, 0.25) is 0 Å². The van der Waals surface area contributed by atoms with Gasteiger partial charge in [0.25, 0.3) is 5.91 Å². The third-order valence-corrected chi connectivity index (χ3v) is 3.88. The van der Waals surface area contributed by atoms with Gasteiger partial charge in [0.1, 0.15) is 0 Å². The van der Waals surface area contributed by atoms with Crippen LogP contribution in [0.1, 0.15) is 21.6 Å². The zero-order chi connectivity index (χ0) is 13.8. The Hall–Kier alpha value is -1.62. The number of carbonyl (C=O) groups excluding carboxylic acids is 1. The summed E-state index contributed by atoms with van der Waals surface area (Å²) >= 11 is 3.43. The Morgan fingerprint density at radius 2 is 2.21 bits per heavy atom. The summed E-state index contributed by atoms with van der Waals surface area (Å²) in [5.41, 5.74) is 2.89. The highest BCUT2D eigenvalue weighted by molar-refractivity contribution is 9.10. The molecule has 0 bridgehead atoms. The number of nitrogens with one attached hydrogen (secondary N) is 1. The first-order valence-corrected chi connectivity index (χ1v) is 6.88. The van der Waals surface area contributed by atoms with Crippen molar-refractivity contribution in [3.8, 4) is 0 Å². The van der Waals surface area contributed by atoms with Crippen LogP contribution in [0.5, 0.6) is 0 Å². The Kier molecular flexibility index (Phi) is 4.37. The minimum atomic E-state index is -0.0529. The molecule has 0 saturated heterocycles. The molecule has 19 heavy (non-hydrogen) atoms. The lowest BCUT2D eigenvalue weighted by Gasteiger charge is -2.07. The molecule has 5 heteroatoms. The molecule has 0 aliphatic rings. The second-order valence-electron chi connectivity index (χ2n) is 4.42. The molecule has 0 aliphatic carbocycles. The first-order valence-electron chi connectivity index (χ1n) is 6.09. The van der Waals surface area contributed by atoms with E-state index in [0.717, 1.165) is 22.2 Å². The van der Waals surface area contributed by atoms with Crippen molar-refractivity contribution in [2.24, 2.45) is 7.05 Å². The van der Waals surface area contributed by atoms with Crippen LogP contribution >= 0.6 is 15.9 Å². The molecule has 100 valence electrons. The first kappa shape index (κ1) is 13.8. The van der Waals surface area contributed by atoms with Crippen molar-refractivity contribution in [3.63, 3.8) is 0 Å². The summed E-state index contributed by atoms with van der Waals surface area (Å²) in [6.45, 7) is 2.60. The molecular weight excluding hydrogens is 306 g/mol. The van der Waals surface area contributed by atoms with Crippen LogP contribution < -0.4 is 5.32 Å². The number of halogens is 1. The van der Waals surface area contributed by atoms with Crippen molar-refractivity contribution in [3.05, 3.63) is 51.8 Å². The van der Waals surface area contributed by atoms with Crippen molar-refractivity contribution < 1.29 is 4.79 Å². The van der Waals surface area contributed by atoms with Gasteiger partial charge in [-0.15, -0.1) is 0 Å². The fraction of sp³-hybridized carbons (Fsp3) is 0.286. The lowest BCUT2D eigenvalue weighted by molar-refractivity contribution is 0.0954. The van der Waals surface area contributed by atoms with E-state index in [2.05, 4.69) is 26.3 Å². The van der Waals surface area contributed by atoms with Crippen LogP contribution in [0.3, 0.4) is 0 Å². The van der Waals surface area contributed by atoms with Crippen molar-refractivity contribution in [2.75, 3.05) is 6.54 Å². The number of nitrogens with zero attached hydrogens (tertiary/aromatic N) is 2. The number of benzene rings is 1. The number of carbonyl (C=O) groups is 1. The van der Waals surface area contributed by atoms with Crippen LogP contribution in [0.25, 0.3) is 0 Å². The van der Waals surface area contributed by atoms with Gasteiger partial charge >= 0.3 is 0 Å². The molecule has 0 fully saturated rings. The Morgan fingerprint density at radius 3 is 2.84 bits per heavy atom. The smallest absolute Gasteiger partial charge is 0.251 e. The molecular formula is C14H16BrN3O. The molecule has 4 nitrogen and oxygen atoms in total. The van der Waals surface area contributed by atoms with E-state index < -0.39 is 0 Å². The summed E-state index contributed by atoms with van der Waals surface area (Å²) < 4.78 is 2.76. The quantitative estimate of drug-likeness (QED) is 0.940. The average molecular weight is 322 g/mol. The van der Waals surface area contributed by atoms with E-state index in [-0.39, 0.29) is 5.91 Å². The van der Waals surface area contributed by atoms with E-state index in [1.54, 1.807) is 6.20 Å². The topological polar surface area (TPSA) is 46.9 Å². The largest absolute Gasteiger partial charge is 0.352 e. The predicted molar refractivity (Wildman–Crippen MR) is 78.1 cm³/mol. The summed E-state index contributed by atoms with van der Waals surface area (Å²) in [6.07, 6.45) is 2.53. The van der Waals surface area contributed by atoms with Gasteiger partial charge in [0, 0.05) is 41.9 Å². The lowest BCUT2D eigenvalue weighted by atomic mass is 10.1. The van der Waals surface area contributed by atoms with Crippen molar-refractivity contribution >= 4 is 21.8 Å². The van der Waals surface area contributed by atoms with Gasteiger partial charge in [-0.3, -0.25) is 9.48 Å². The minimum Gasteiger partial charge on any atom is -0.352 e. The number of amides is 1. The SMILES string of the molecule is Cc1ccc(C(=O)NCCc2ccnn2C)cc1Br. The van der Waals surface area contributed by atoms with Crippen LogP contribution in [0, 0.1) is 6.92 Å². The summed E-state index contributed by atoms with van der Waals surface area (Å²) in [7, 11) is 1.90.